The van der Waals surface area contributed by atoms with Crippen LogP contribution in [0.1, 0.15) is 59.3 Å². The van der Waals surface area contributed by atoms with Gasteiger partial charge >= 0.3 is 6.09 Å². The molecule has 14 nitrogen and oxygen atoms in total. The lowest BCUT2D eigenvalue weighted by molar-refractivity contribution is -0.142. The summed E-state index contributed by atoms with van der Waals surface area (Å²) in [7, 11) is -1.39. The number of carbonyl (C=O) groups excluding carboxylic acids is 4. The predicted octanol–water partition coefficient (Wildman–Crippen LogP) is 5.38. The van der Waals surface area contributed by atoms with Gasteiger partial charge in [-0.1, -0.05) is 57.2 Å². The smallest absolute Gasteiger partial charge is 0.408 e. The number of amides is 4. The van der Waals surface area contributed by atoms with Crippen LogP contribution in [-0.4, -0.2) is 95.0 Å². The van der Waals surface area contributed by atoms with Crippen LogP contribution in [0, 0.1) is 11.3 Å². The monoisotopic (exact) mass is 789 g/mol. The maximum Gasteiger partial charge on any atom is 0.408 e. The molecule has 3 aliphatic rings. The zero-order valence-electron chi connectivity index (χ0n) is 32.6. The van der Waals surface area contributed by atoms with Gasteiger partial charge in [-0.2, -0.15) is 0 Å². The van der Waals surface area contributed by atoms with Crippen molar-refractivity contribution in [3.63, 3.8) is 0 Å². The third kappa shape index (κ3) is 8.56. The Morgan fingerprint density at radius 2 is 1.80 bits per heavy atom. The Labute approximate surface area is 327 Å². The van der Waals surface area contributed by atoms with Crippen molar-refractivity contribution in [1.29, 1.82) is 0 Å². The summed E-state index contributed by atoms with van der Waals surface area (Å²) in [5.74, 6) is -1.37. The molecule has 56 heavy (non-hydrogen) atoms. The number of methoxy groups -OCH3 is 1. The number of nitrogens with one attached hydrogen (secondary N) is 3. The molecule has 1 unspecified atom stereocenters. The van der Waals surface area contributed by atoms with E-state index in [-0.39, 0.29) is 25.5 Å². The number of hydrogen-bond donors (Lipinski definition) is 4. The topological polar surface area (TPSA) is 185 Å². The molecule has 3 aromatic rings. The van der Waals surface area contributed by atoms with Crippen molar-refractivity contribution in [2.24, 2.45) is 11.3 Å². The van der Waals surface area contributed by atoms with E-state index >= 15 is 0 Å². The first kappa shape index (κ1) is 40.7. The summed E-state index contributed by atoms with van der Waals surface area (Å²) in [5.41, 5.74) is 1.29. The van der Waals surface area contributed by atoms with Crippen molar-refractivity contribution >= 4 is 42.1 Å². The molecule has 0 bridgehead atoms. The SMILES string of the molecule is C=C[C@@H]1C[C@]1(NC(=O)[C@@H]1C[C@@H](Oc2cc(-c3ccccc3)nc3cc(OC)ccc23)CN1C(=O)[C@@H](NC(=O)OC1CCCC1)C(C)(C)C)P(=O)(O)CC(=O)NC. The minimum atomic E-state index is -4.33. The third-order valence-electron chi connectivity index (χ3n) is 11.0. The van der Waals surface area contributed by atoms with Gasteiger partial charge in [0.1, 0.15) is 47.2 Å². The van der Waals surface area contributed by atoms with Crippen LogP contribution in [0.3, 0.4) is 0 Å². The molecule has 2 aromatic carbocycles. The molecule has 2 heterocycles. The second-order valence-corrected chi connectivity index (χ2v) is 18.5. The lowest BCUT2D eigenvalue weighted by Gasteiger charge is -2.35. The molecule has 300 valence electrons. The van der Waals surface area contributed by atoms with Crippen LogP contribution >= 0.6 is 7.37 Å². The second-order valence-electron chi connectivity index (χ2n) is 16.0. The molecule has 1 aliphatic heterocycles. The molecule has 6 atom stereocenters. The summed E-state index contributed by atoms with van der Waals surface area (Å²) >= 11 is 0. The number of benzene rings is 2. The molecule has 4 amide bonds. The Kier molecular flexibility index (Phi) is 11.8. The normalized spacial score (nSPS) is 23.8. The third-order valence-corrected chi connectivity index (χ3v) is 13.6. The molecule has 2 aliphatic carbocycles. The largest absolute Gasteiger partial charge is 0.497 e. The molecular weight excluding hydrogens is 737 g/mol. The van der Waals surface area contributed by atoms with Crippen LogP contribution < -0.4 is 25.4 Å². The Bertz CT molecular complexity index is 2030. The number of carbonyl (C=O) groups is 4. The molecule has 15 heteroatoms. The molecule has 2 saturated carbocycles. The first-order valence-electron chi connectivity index (χ1n) is 19.0. The molecular formula is C41H52N5O9P. The lowest BCUT2D eigenvalue weighted by atomic mass is 9.85. The van der Waals surface area contributed by atoms with Crippen LogP contribution in [-0.2, 0) is 23.7 Å². The molecule has 3 fully saturated rings. The Hall–Kier alpha value is -4.94. The number of alkyl carbamates (subject to hydrolysis) is 1. The van der Waals surface area contributed by atoms with Crippen LogP contribution in [0.4, 0.5) is 4.79 Å². The van der Waals surface area contributed by atoms with Crippen molar-refractivity contribution in [1.82, 2.24) is 25.8 Å². The second kappa shape index (κ2) is 16.3. The lowest BCUT2D eigenvalue weighted by Crippen LogP contribution is -2.58. The van der Waals surface area contributed by atoms with E-state index in [1.54, 1.807) is 19.2 Å². The number of fused-ring (bicyclic) bond motifs is 1. The fourth-order valence-corrected chi connectivity index (χ4v) is 9.95. The Morgan fingerprint density at radius 1 is 1.09 bits per heavy atom. The highest BCUT2D eigenvalue weighted by molar-refractivity contribution is 7.61. The van der Waals surface area contributed by atoms with Crippen molar-refractivity contribution in [3.8, 4) is 22.8 Å². The summed E-state index contributed by atoms with van der Waals surface area (Å²) in [6.07, 6.45) is 2.63. The van der Waals surface area contributed by atoms with E-state index in [0.717, 1.165) is 31.2 Å². The maximum absolute atomic E-state index is 14.7. The van der Waals surface area contributed by atoms with Gasteiger partial charge in [0, 0.05) is 42.5 Å². The summed E-state index contributed by atoms with van der Waals surface area (Å²) in [5, 5.41) is 7.01. The zero-order chi connectivity index (χ0) is 40.4. The molecule has 6 rings (SSSR count). The number of pyridine rings is 1. The Morgan fingerprint density at radius 3 is 2.43 bits per heavy atom. The highest BCUT2D eigenvalue weighted by atomic mass is 31.2. The van der Waals surface area contributed by atoms with Crippen molar-refractivity contribution in [2.75, 3.05) is 26.9 Å². The fourth-order valence-electron chi connectivity index (χ4n) is 7.73. The van der Waals surface area contributed by atoms with E-state index in [2.05, 4.69) is 22.5 Å². The van der Waals surface area contributed by atoms with E-state index < -0.39 is 72.1 Å². The highest BCUT2D eigenvalue weighted by Crippen LogP contribution is 2.69. The van der Waals surface area contributed by atoms with E-state index in [0.29, 0.717) is 28.1 Å². The molecule has 1 aromatic heterocycles. The van der Waals surface area contributed by atoms with Gasteiger partial charge < -0.3 is 40.0 Å². The van der Waals surface area contributed by atoms with Crippen molar-refractivity contribution in [2.45, 2.75) is 88.9 Å². The van der Waals surface area contributed by atoms with Gasteiger partial charge in [0.25, 0.3) is 0 Å². The maximum atomic E-state index is 14.7. The van der Waals surface area contributed by atoms with Crippen LogP contribution in [0.15, 0.2) is 67.3 Å². The number of rotatable bonds is 13. The highest BCUT2D eigenvalue weighted by Gasteiger charge is 2.66. The molecule has 1 saturated heterocycles. The quantitative estimate of drug-likeness (QED) is 0.130. The van der Waals surface area contributed by atoms with Gasteiger partial charge in [-0.05, 0) is 49.7 Å². The van der Waals surface area contributed by atoms with Gasteiger partial charge in [-0.25, -0.2) is 9.78 Å². The zero-order valence-corrected chi connectivity index (χ0v) is 33.5. The number of likely N-dealkylation sites (tertiary alicyclic amines) is 1. The van der Waals surface area contributed by atoms with Crippen LogP contribution in [0.25, 0.3) is 22.2 Å². The summed E-state index contributed by atoms with van der Waals surface area (Å²) in [6.45, 7) is 9.16. The van der Waals surface area contributed by atoms with Crippen molar-refractivity contribution in [3.05, 3.63) is 67.3 Å². The van der Waals surface area contributed by atoms with Gasteiger partial charge in [0.05, 0.1) is 24.9 Å². The first-order valence-corrected chi connectivity index (χ1v) is 20.9. The van der Waals surface area contributed by atoms with E-state index in [1.165, 1.54) is 18.0 Å². The summed E-state index contributed by atoms with van der Waals surface area (Å²) in [6, 6.07) is 14.6. The van der Waals surface area contributed by atoms with Gasteiger partial charge in [0.15, 0.2) is 0 Å². The van der Waals surface area contributed by atoms with Gasteiger partial charge in [-0.3, -0.25) is 18.9 Å². The predicted molar refractivity (Wildman–Crippen MR) is 211 cm³/mol. The van der Waals surface area contributed by atoms with E-state index in [1.807, 2.05) is 63.2 Å². The number of nitrogens with zero attached hydrogens (tertiary/aromatic N) is 2. The average molecular weight is 790 g/mol. The van der Waals surface area contributed by atoms with Crippen LogP contribution in [0.5, 0.6) is 11.5 Å². The van der Waals surface area contributed by atoms with Crippen molar-refractivity contribution < 1.29 is 42.8 Å². The first-order chi connectivity index (χ1) is 26.6. The number of hydrogen-bond acceptors (Lipinski definition) is 9. The van der Waals surface area contributed by atoms with Gasteiger partial charge in [0.2, 0.25) is 25.1 Å². The Balaban J connectivity index is 1.34. The molecule has 4 N–H and O–H groups in total. The standard InChI is InChI=1S/C41H52N5O9P/c1-7-26-22-41(26,56(51,52)24-35(47)42-5)45-37(48)33-20-29(23-46(33)38(49)36(40(2,3)4)44-39(50)55-27-15-11-12-16-27)54-34-21-31(25-13-9-8-10-14-25)43-32-19-28(53-6)17-18-30(32)34/h7-10,13-14,17-19,21,26-27,29,33,36H,1,11-12,15-16,20,22-24H2,2-6H3,(H,42,47)(H,44,50)(H,45,48)(H,51,52)/t26-,29-,33+,36-,41+/m1/s1. The number of aromatic nitrogens is 1. The summed E-state index contributed by atoms with van der Waals surface area (Å²) in [4.78, 5) is 72.1. The minimum Gasteiger partial charge on any atom is -0.497 e. The average Bonchev–Trinajstić information content (AvgIpc) is 3.42. The molecule has 0 radical (unpaired) electrons. The molecule has 0 spiro atoms. The fraction of sp³-hybridized carbons (Fsp3) is 0.488. The van der Waals surface area contributed by atoms with Crippen LogP contribution in [0.2, 0.25) is 0 Å². The van der Waals surface area contributed by atoms with E-state index in [4.69, 9.17) is 19.2 Å². The summed E-state index contributed by atoms with van der Waals surface area (Å²) < 4.78 is 31.6. The van der Waals surface area contributed by atoms with E-state index in [9.17, 15) is 28.6 Å². The number of ether oxygens (including phenoxy) is 3. The minimum absolute atomic E-state index is 0.0155. The van der Waals surface area contributed by atoms with Gasteiger partial charge in [-0.15, -0.1) is 6.58 Å².